The number of hydrogen-bond donors (Lipinski definition) is 1. The number of hydrogen-bond acceptors (Lipinski definition) is 4. The predicted octanol–water partition coefficient (Wildman–Crippen LogP) is 3.95. The SMILES string of the molecule is O=C(NC1CCC(Oc2cccc3cnccc23)CC1)c1ccn(C(F)F)n1. The molecule has 2 aromatic heterocycles. The Balaban J connectivity index is 1.32. The molecule has 3 aromatic rings. The van der Waals surface area contributed by atoms with Gasteiger partial charge in [0, 0.05) is 35.4 Å². The Bertz CT molecular complexity index is 962. The van der Waals surface area contributed by atoms with E-state index >= 15 is 0 Å². The second-order valence-electron chi connectivity index (χ2n) is 6.88. The minimum Gasteiger partial charge on any atom is -0.490 e. The van der Waals surface area contributed by atoms with E-state index in [4.69, 9.17) is 4.74 Å². The van der Waals surface area contributed by atoms with Crippen LogP contribution in [0, 0.1) is 0 Å². The molecule has 0 spiro atoms. The van der Waals surface area contributed by atoms with E-state index < -0.39 is 12.5 Å². The predicted molar refractivity (Wildman–Crippen MR) is 99.4 cm³/mol. The van der Waals surface area contributed by atoms with E-state index in [0.29, 0.717) is 4.68 Å². The Morgan fingerprint density at radius 3 is 2.75 bits per heavy atom. The van der Waals surface area contributed by atoms with Crippen molar-refractivity contribution in [2.45, 2.75) is 44.4 Å². The summed E-state index contributed by atoms with van der Waals surface area (Å²) in [6, 6.07) is 9.12. The fourth-order valence-corrected chi connectivity index (χ4v) is 3.53. The third-order valence-electron chi connectivity index (χ3n) is 4.98. The van der Waals surface area contributed by atoms with Gasteiger partial charge < -0.3 is 10.1 Å². The number of carbonyl (C=O) groups excluding carboxylic acids is 1. The van der Waals surface area contributed by atoms with Crippen molar-refractivity contribution in [1.82, 2.24) is 20.1 Å². The highest BCUT2D eigenvalue weighted by molar-refractivity contribution is 5.92. The summed E-state index contributed by atoms with van der Waals surface area (Å²) in [5.41, 5.74) is 0.00281. The first-order valence-corrected chi connectivity index (χ1v) is 9.24. The van der Waals surface area contributed by atoms with E-state index in [9.17, 15) is 13.6 Å². The number of benzene rings is 1. The third-order valence-corrected chi connectivity index (χ3v) is 4.98. The normalized spacial score (nSPS) is 19.7. The van der Waals surface area contributed by atoms with Crippen LogP contribution in [0.3, 0.4) is 0 Å². The summed E-state index contributed by atoms with van der Waals surface area (Å²) >= 11 is 0. The number of ether oxygens (including phenoxy) is 1. The molecule has 4 rings (SSSR count). The first-order chi connectivity index (χ1) is 13.6. The Labute approximate surface area is 160 Å². The van der Waals surface area contributed by atoms with Gasteiger partial charge in [0.05, 0.1) is 6.10 Å². The van der Waals surface area contributed by atoms with Gasteiger partial charge in [-0.05, 0) is 43.9 Å². The van der Waals surface area contributed by atoms with Crippen molar-refractivity contribution in [3.8, 4) is 5.75 Å². The number of fused-ring (bicyclic) bond motifs is 1. The lowest BCUT2D eigenvalue weighted by Crippen LogP contribution is -2.39. The van der Waals surface area contributed by atoms with Gasteiger partial charge in [-0.25, -0.2) is 4.68 Å². The van der Waals surface area contributed by atoms with Crippen LogP contribution in [0.4, 0.5) is 8.78 Å². The Morgan fingerprint density at radius 2 is 2.00 bits per heavy atom. The van der Waals surface area contributed by atoms with Crippen molar-refractivity contribution >= 4 is 16.7 Å². The molecule has 0 bridgehead atoms. The van der Waals surface area contributed by atoms with Crippen LogP contribution >= 0.6 is 0 Å². The topological polar surface area (TPSA) is 69.0 Å². The van der Waals surface area contributed by atoms with Gasteiger partial charge in [0.2, 0.25) is 0 Å². The summed E-state index contributed by atoms with van der Waals surface area (Å²) in [6.45, 7) is -2.75. The number of pyridine rings is 1. The highest BCUT2D eigenvalue weighted by atomic mass is 19.3. The van der Waals surface area contributed by atoms with Gasteiger partial charge in [-0.1, -0.05) is 12.1 Å². The number of alkyl halides is 2. The van der Waals surface area contributed by atoms with Crippen LogP contribution in [0.5, 0.6) is 5.75 Å². The largest absolute Gasteiger partial charge is 0.490 e. The number of aromatic nitrogens is 3. The van der Waals surface area contributed by atoms with Crippen molar-refractivity contribution in [1.29, 1.82) is 0 Å². The summed E-state index contributed by atoms with van der Waals surface area (Å²) in [6.07, 6.45) is 7.86. The molecule has 0 atom stereocenters. The fourth-order valence-electron chi connectivity index (χ4n) is 3.53. The van der Waals surface area contributed by atoms with Gasteiger partial charge in [0.25, 0.3) is 5.91 Å². The Kier molecular flexibility index (Phi) is 5.18. The van der Waals surface area contributed by atoms with Crippen LogP contribution < -0.4 is 10.1 Å². The number of nitrogens with zero attached hydrogens (tertiary/aromatic N) is 3. The molecule has 2 heterocycles. The maximum atomic E-state index is 12.6. The molecule has 1 amide bonds. The first-order valence-electron chi connectivity index (χ1n) is 9.24. The Hall–Kier alpha value is -3.03. The molecule has 1 N–H and O–H groups in total. The average molecular weight is 386 g/mol. The second kappa shape index (κ2) is 7.92. The lowest BCUT2D eigenvalue weighted by atomic mass is 9.92. The van der Waals surface area contributed by atoms with Gasteiger partial charge in [0.1, 0.15) is 11.4 Å². The summed E-state index contributed by atoms with van der Waals surface area (Å²) in [5.74, 6) is 0.412. The molecule has 0 unspecified atom stereocenters. The molecule has 146 valence electrons. The lowest BCUT2D eigenvalue weighted by Gasteiger charge is -2.29. The smallest absolute Gasteiger partial charge is 0.333 e. The number of nitrogens with one attached hydrogen (secondary N) is 1. The zero-order chi connectivity index (χ0) is 19.5. The van der Waals surface area contributed by atoms with Crippen molar-refractivity contribution in [3.63, 3.8) is 0 Å². The number of rotatable bonds is 5. The van der Waals surface area contributed by atoms with Crippen LogP contribution in [0.15, 0.2) is 48.9 Å². The van der Waals surface area contributed by atoms with E-state index in [1.54, 1.807) is 6.20 Å². The molecular weight excluding hydrogens is 366 g/mol. The van der Waals surface area contributed by atoms with Gasteiger partial charge in [-0.3, -0.25) is 9.78 Å². The summed E-state index contributed by atoms with van der Waals surface area (Å²) < 4.78 is 31.8. The van der Waals surface area contributed by atoms with Crippen LogP contribution in [0.1, 0.15) is 42.7 Å². The van der Waals surface area contributed by atoms with Crippen molar-refractivity contribution in [3.05, 3.63) is 54.6 Å². The van der Waals surface area contributed by atoms with E-state index in [2.05, 4.69) is 15.4 Å². The minimum atomic E-state index is -2.75. The fraction of sp³-hybridized carbons (Fsp3) is 0.350. The summed E-state index contributed by atoms with van der Waals surface area (Å²) in [4.78, 5) is 16.3. The van der Waals surface area contributed by atoms with Gasteiger partial charge in [-0.15, -0.1) is 0 Å². The zero-order valence-electron chi connectivity index (χ0n) is 15.1. The summed E-state index contributed by atoms with van der Waals surface area (Å²) in [5, 5.41) is 8.54. The third kappa shape index (κ3) is 3.95. The molecule has 0 saturated heterocycles. The van der Waals surface area contributed by atoms with E-state index in [-0.39, 0.29) is 17.8 Å². The molecule has 1 aliphatic rings. The maximum Gasteiger partial charge on any atom is 0.333 e. The van der Waals surface area contributed by atoms with Crippen LogP contribution in [-0.4, -0.2) is 32.8 Å². The maximum absolute atomic E-state index is 12.6. The molecule has 1 aromatic carbocycles. The molecule has 6 nitrogen and oxygen atoms in total. The molecular formula is C20H20F2N4O2. The number of amides is 1. The van der Waals surface area contributed by atoms with Gasteiger partial charge >= 0.3 is 6.55 Å². The van der Waals surface area contributed by atoms with Gasteiger partial charge in [0.15, 0.2) is 0 Å². The molecule has 0 aliphatic heterocycles. The molecule has 1 fully saturated rings. The molecule has 8 heteroatoms. The van der Waals surface area contributed by atoms with E-state index in [1.807, 2.05) is 30.5 Å². The molecule has 1 saturated carbocycles. The van der Waals surface area contributed by atoms with E-state index in [0.717, 1.165) is 48.4 Å². The van der Waals surface area contributed by atoms with Crippen LogP contribution in [-0.2, 0) is 0 Å². The van der Waals surface area contributed by atoms with Crippen molar-refractivity contribution in [2.24, 2.45) is 0 Å². The monoisotopic (exact) mass is 386 g/mol. The van der Waals surface area contributed by atoms with E-state index in [1.165, 1.54) is 6.07 Å². The van der Waals surface area contributed by atoms with Crippen LogP contribution in [0.2, 0.25) is 0 Å². The quantitative estimate of drug-likeness (QED) is 0.721. The van der Waals surface area contributed by atoms with Gasteiger partial charge in [-0.2, -0.15) is 13.9 Å². The minimum absolute atomic E-state index is 0.00281. The molecule has 28 heavy (non-hydrogen) atoms. The number of carbonyl (C=O) groups is 1. The number of halogens is 2. The second-order valence-corrected chi connectivity index (χ2v) is 6.88. The highest BCUT2D eigenvalue weighted by Gasteiger charge is 2.25. The summed E-state index contributed by atoms with van der Waals surface area (Å²) in [7, 11) is 0. The molecule has 1 aliphatic carbocycles. The van der Waals surface area contributed by atoms with Crippen molar-refractivity contribution in [2.75, 3.05) is 0 Å². The average Bonchev–Trinajstić information content (AvgIpc) is 3.21. The lowest BCUT2D eigenvalue weighted by molar-refractivity contribution is 0.0559. The first kappa shape index (κ1) is 18.3. The zero-order valence-corrected chi connectivity index (χ0v) is 15.1. The van der Waals surface area contributed by atoms with Crippen molar-refractivity contribution < 1.29 is 18.3 Å². The van der Waals surface area contributed by atoms with Crippen LogP contribution in [0.25, 0.3) is 10.8 Å². The standard InChI is InChI=1S/C20H20F2N4O2/c21-20(22)26-11-9-17(25-26)19(27)24-14-4-6-15(7-5-14)28-18-3-1-2-13-12-23-10-8-16(13)18/h1-3,8-12,14-15,20H,4-7H2,(H,24,27). The molecule has 0 radical (unpaired) electrons. The Morgan fingerprint density at radius 1 is 1.18 bits per heavy atom. The highest BCUT2D eigenvalue weighted by Crippen LogP contribution is 2.29.